The first-order chi connectivity index (χ1) is 5.81. The first-order valence-corrected chi connectivity index (χ1v) is 3.54. The summed E-state index contributed by atoms with van der Waals surface area (Å²) in [7, 11) is 0. The molecule has 62 valence electrons. The van der Waals surface area contributed by atoms with Gasteiger partial charge in [0.2, 0.25) is 5.58 Å². The Labute approximate surface area is 67.0 Å². The molecular formula is C7H6N2O3. The van der Waals surface area contributed by atoms with Crippen molar-refractivity contribution < 1.29 is 8.83 Å². The van der Waals surface area contributed by atoms with Crippen molar-refractivity contribution in [2.24, 2.45) is 0 Å². The van der Waals surface area contributed by atoms with Crippen molar-refractivity contribution in [2.75, 3.05) is 0 Å². The molecule has 0 saturated carbocycles. The van der Waals surface area contributed by atoms with E-state index in [4.69, 9.17) is 4.42 Å². The van der Waals surface area contributed by atoms with Gasteiger partial charge >= 0.3 is 5.76 Å². The van der Waals surface area contributed by atoms with Gasteiger partial charge in [-0.3, -0.25) is 0 Å². The maximum absolute atomic E-state index is 10.8. The van der Waals surface area contributed by atoms with Gasteiger partial charge in [0.05, 0.1) is 5.69 Å². The summed E-state index contributed by atoms with van der Waals surface area (Å²) < 4.78 is 9.66. The molecular weight excluding hydrogens is 160 g/mol. The summed E-state index contributed by atoms with van der Waals surface area (Å²) >= 11 is 0. The molecule has 5 heteroatoms. The molecule has 0 spiro atoms. The predicted molar refractivity (Wildman–Crippen MR) is 39.7 cm³/mol. The Kier molecular flexibility index (Phi) is 1.43. The molecule has 0 unspecified atom stereocenters. The summed E-state index contributed by atoms with van der Waals surface area (Å²) in [6.07, 6.45) is 1.85. The van der Waals surface area contributed by atoms with Crippen molar-refractivity contribution >= 4 is 11.3 Å². The fraction of sp³-hybridized carbons (Fsp3) is 0.286. The zero-order valence-corrected chi connectivity index (χ0v) is 6.40. The number of aromatic nitrogens is 2. The summed E-state index contributed by atoms with van der Waals surface area (Å²) in [5, 5.41) is 0. The molecule has 2 aromatic rings. The molecule has 0 bridgehead atoms. The molecule has 0 radical (unpaired) electrons. The lowest BCUT2D eigenvalue weighted by Crippen LogP contribution is -2.06. The zero-order chi connectivity index (χ0) is 8.55. The lowest BCUT2D eigenvalue weighted by Gasteiger charge is -1.91. The highest BCUT2D eigenvalue weighted by atomic mass is 16.4. The van der Waals surface area contributed by atoms with Crippen molar-refractivity contribution in [3.05, 3.63) is 22.6 Å². The van der Waals surface area contributed by atoms with Gasteiger partial charge in [0.15, 0.2) is 6.39 Å². The standard InChI is InChI=1S/C7H6N2O3/c1-2-4-5-6(8-3-11-5)12-7(10)9-4/h3H,2H2,1H3. The molecule has 0 N–H and O–H groups in total. The van der Waals surface area contributed by atoms with Crippen LogP contribution in [0.5, 0.6) is 0 Å². The highest BCUT2D eigenvalue weighted by Gasteiger charge is 2.08. The van der Waals surface area contributed by atoms with Gasteiger partial charge in [-0.05, 0) is 6.42 Å². The van der Waals surface area contributed by atoms with E-state index in [-0.39, 0.29) is 5.71 Å². The number of fused-ring (bicyclic) bond motifs is 1. The van der Waals surface area contributed by atoms with Crippen molar-refractivity contribution in [1.29, 1.82) is 0 Å². The topological polar surface area (TPSA) is 69.1 Å². The molecule has 0 saturated heterocycles. The Bertz CT molecular complexity index is 457. The Morgan fingerprint density at radius 1 is 1.58 bits per heavy atom. The normalized spacial score (nSPS) is 10.8. The second kappa shape index (κ2) is 2.44. The van der Waals surface area contributed by atoms with Crippen molar-refractivity contribution in [3.8, 4) is 0 Å². The molecule has 0 amide bonds. The average Bonchev–Trinajstić information content (AvgIpc) is 2.50. The smallest absolute Gasteiger partial charge is 0.438 e. The Hall–Kier alpha value is -1.65. The molecule has 0 aromatic carbocycles. The average molecular weight is 166 g/mol. The van der Waals surface area contributed by atoms with Crippen LogP contribution in [-0.4, -0.2) is 9.97 Å². The molecule has 2 heterocycles. The third kappa shape index (κ3) is 0.903. The van der Waals surface area contributed by atoms with Crippen LogP contribution in [0, 0.1) is 0 Å². The van der Waals surface area contributed by atoms with E-state index in [0.29, 0.717) is 17.7 Å². The summed E-state index contributed by atoms with van der Waals surface area (Å²) in [6, 6.07) is 0. The molecule has 2 rings (SSSR count). The van der Waals surface area contributed by atoms with Gasteiger partial charge in [-0.2, -0.15) is 9.97 Å². The van der Waals surface area contributed by atoms with E-state index < -0.39 is 5.76 Å². The first kappa shape index (κ1) is 7.02. The third-order valence-electron chi connectivity index (χ3n) is 1.54. The maximum Gasteiger partial charge on any atom is 0.440 e. The molecule has 0 aliphatic rings. The number of nitrogens with zero attached hydrogens (tertiary/aromatic N) is 2. The first-order valence-electron chi connectivity index (χ1n) is 3.54. The van der Waals surface area contributed by atoms with Crippen LogP contribution in [0.15, 0.2) is 20.0 Å². The molecule has 5 nitrogen and oxygen atoms in total. The van der Waals surface area contributed by atoms with Gasteiger partial charge in [-0.1, -0.05) is 6.92 Å². The van der Waals surface area contributed by atoms with Gasteiger partial charge in [0, 0.05) is 0 Å². The number of hydrogen-bond acceptors (Lipinski definition) is 5. The SMILES string of the molecule is CCc1nc(=O)oc2ncoc12. The Morgan fingerprint density at radius 3 is 3.17 bits per heavy atom. The molecule has 0 fully saturated rings. The van der Waals surface area contributed by atoms with E-state index >= 15 is 0 Å². The van der Waals surface area contributed by atoms with E-state index in [1.54, 1.807) is 0 Å². The quantitative estimate of drug-likeness (QED) is 0.624. The van der Waals surface area contributed by atoms with Crippen LogP contribution in [0.1, 0.15) is 12.6 Å². The largest absolute Gasteiger partial charge is 0.440 e. The Morgan fingerprint density at radius 2 is 2.42 bits per heavy atom. The number of oxazole rings is 1. The van der Waals surface area contributed by atoms with Crippen LogP contribution in [0.25, 0.3) is 11.3 Å². The fourth-order valence-electron chi connectivity index (χ4n) is 1.01. The molecule has 12 heavy (non-hydrogen) atoms. The number of rotatable bonds is 1. The van der Waals surface area contributed by atoms with E-state index in [9.17, 15) is 4.79 Å². The minimum Gasteiger partial charge on any atom is -0.438 e. The summed E-state index contributed by atoms with van der Waals surface area (Å²) in [4.78, 5) is 18.2. The minimum absolute atomic E-state index is 0.215. The highest BCUT2D eigenvalue weighted by Crippen LogP contribution is 2.12. The fourth-order valence-corrected chi connectivity index (χ4v) is 1.01. The lowest BCUT2D eigenvalue weighted by molar-refractivity contribution is 0.511. The molecule has 0 aliphatic carbocycles. The van der Waals surface area contributed by atoms with Crippen LogP contribution < -0.4 is 5.76 Å². The van der Waals surface area contributed by atoms with Gasteiger partial charge in [0.1, 0.15) is 0 Å². The van der Waals surface area contributed by atoms with Crippen LogP contribution in [0.3, 0.4) is 0 Å². The van der Waals surface area contributed by atoms with Crippen molar-refractivity contribution in [3.63, 3.8) is 0 Å². The second-order valence-electron chi connectivity index (χ2n) is 2.27. The van der Waals surface area contributed by atoms with Gasteiger partial charge in [0.25, 0.3) is 5.71 Å². The minimum atomic E-state index is -0.631. The molecule has 0 aliphatic heterocycles. The van der Waals surface area contributed by atoms with Crippen molar-refractivity contribution in [1.82, 2.24) is 9.97 Å². The predicted octanol–water partition coefficient (Wildman–Crippen LogP) is 0.738. The molecule has 2 aromatic heterocycles. The van der Waals surface area contributed by atoms with Gasteiger partial charge in [-0.25, -0.2) is 4.79 Å². The summed E-state index contributed by atoms with van der Waals surface area (Å²) in [5.41, 5.74) is 1.25. The summed E-state index contributed by atoms with van der Waals surface area (Å²) in [6.45, 7) is 1.88. The lowest BCUT2D eigenvalue weighted by atomic mass is 10.3. The Balaban J connectivity index is 2.89. The third-order valence-corrected chi connectivity index (χ3v) is 1.54. The summed E-state index contributed by atoms with van der Waals surface area (Å²) in [5.74, 6) is -0.631. The maximum atomic E-state index is 10.8. The number of hydrogen-bond donors (Lipinski definition) is 0. The van der Waals surface area contributed by atoms with Crippen molar-refractivity contribution in [2.45, 2.75) is 13.3 Å². The van der Waals surface area contributed by atoms with E-state index in [0.717, 1.165) is 0 Å². The molecule has 0 atom stereocenters. The van der Waals surface area contributed by atoms with E-state index in [1.165, 1.54) is 6.39 Å². The van der Waals surface area contributed by atoms with Crippen LogP contribution >= 0.6 is 0 Å². The second-order valence-corrected chi connectivity index (χ2v) is 2.27. The van der Waals surface area contributed by atoms with Crippen LogP contribution in [0.4, 0.5) is 0 Å². The van der Waals surface area contributed by atoms with E-state index in [2.05, 4.69) is 14.4 Å². The monoisotopic (exact) mass is 166 g/mol. The number of aryl methyl sites for hydroxylation is 1. The van der Waals surface area contributed by atoms with E-state index in [1.807, 2.05) is 6.92 Å². The highest BCUT2D eigenvalue weighted by molar-refractivity contribution is 5.66. The van der Waals surface area contributed by atoms with Crippen LogP contribution in [0.2, 0.25) is 0 Å². The van der Waals surface area contributed by atoms with Gasteiger partial charge < -0.3 is 8.83 Å². The zero-order valence-electron chi connectivity index (χ0n) is 6.40. The van der Waals surface area contributed by atoms with Crippen LogP contribution in [-0.2, 0) is 6.42 Å². The van der Waals surface area contributed by atoms with Gasteiger partial charge in [-0.15, -0.1) is 0 Å².